The van der Waals surface area contributed by atoms with Crippen LogP contribution >= 0.6 is 0 Å². The largest absolute Gasteiger partial charge is 0.375 e. The molecule has 2 N–H and O–H groups in total. The quantitative estimate of drug-likeness (QED) is 0.630. The van der Waals surface area contributed by atoms with Crippen molar-refractivity contribution in [2.45, 2.75) is 44.0 Å². The van der Waals surface area contributed by atoms with E-state index >= 15 is 0 Å². The Morgan fingerprint density at radius 3 is 2.92 bits per heavy atom. The van der Waals surface area contributed by atoms with Crippen LogP contribution < -0.4 is 5.73 Å². The van der Waals surface area contributed by atoms with Gasteiger partial charge in [-0.1, -0.05) is 0 Å². The summed E-state index contributed by atoms with van der Waals surface area (Å²) in [5.74, 6) is 0. The van der Waals surface area contributed by atoms with Gasteiger partial charge in [-0.2, -0.15) is 0 Å². The number of hydrogen-bond donors (Lipinski definition) is 1. The predicted octanol–water partition coefficient (Wildman–Crippen LogP) is 0.672. The molecule has 0 radical (unpaired) electrons. The maximum Gasteiger partial charge on any atom is 0.0944 e. The maximum absolute atomic E-state index is 5.88. The summed E-state index contributed by atoms with van der Waals surface area (Å²) in [6.45, 7) is 3.52. The zero-order valence-electron chi connectivity index (χ0n) is 7.58. The van der Waals surface area contributed by atoms with Crippen molar-refractivity contribution in [3.63, 3.8) is 0 Å². The molecule has 2 heterocycles. The first kappa shape index (κ1) is 8.48. The van der Waals surface area contributed by atoms with E-state index in [-0.39, 0.29) is 11.7 Å². The fourth-order valence-electron chi connectivity index (χ4n) is 2.25. The molecule has 2 aliphatic rings. The van der Waals surface area contributed by atoms with Crippen molar-refractivity contribution in [2.75, 3.05) is 13.2 Å². The minimum absolute atomic E-state index is 0.0312. The summed E-state index contributed by atoms with van der Waals surface area (Å²) in [7, 11) is 0. The Kier molecular flexibility index (Phi) is 2.10. The van der Waals surface area contributed by atoms with Crippen molar-refractivity contribution >= 4 is 0 Å². The van der Waals surface area contributed by atoms with Gasteiger partial charge in [0.2, 0.25) is 0 Å². The molecular weight excluding hydrogens is 154 g/mol. The standard InChI is InChI=1S/C9H17NO2/c1-7-4-9(6-11-7)3-2-8(5-10)12-9/h7-8H,2-6,10H2,1H3/t7-,8-,9-/m1/s1. The zero-order chi connectivity index (χ0) is 8.60. The molecule has 3 atom stereocenters. The molecule has 0 aliphatic carbocycles. The van der Waals surface area contributed by atoms with Crippen LogP contribution in [0.1, 0.15) is 26.2 Å². The molecular formula is C9H17NO2. The molecule has 0 amide bonds. The summed E-state index contributed by atoms with van der Waals surface area (Å²) in [5.41, 5.74) is 5.58. The molecule has 70 valence electrons. The van der Waals surface area contributed by atoms with Crippen molar-refractivity contribution in [1.82, 2.24) is 0 Å². The van der Waals surface area contributed by atoms with Gasteiger partial charge < -0.3 is 15.2 Å². The first-order chi connectivity index (χ1) is 5.74. The van der Waals surface area contributed by atoms with Crippen LogP contribution in [0.25, 0.3) is 0 Å². The third kappa shape index (κ3) is 1.37. The van der Waals surface area contributed by atoms with Gasteiger partial charge in [-0.05, 0) is 19.8 Å². The molecule has 0 bridgehead atoms. The van der Waals surface area contributed by atoms with Crippen LogP contribution in [0.5, 0.6) is 0 Å². The van der Waals surface area contributed by atoms with Gasteiger partial charge in [0.1, 0.15) is 0 Å². The van der Waals surface area contributed by atoms with Crippen molar-refractivity contribution in [3.05, 3.63) is 0 Å². The highest BCUT2D eigenvalue weighted by molar-refractivity contribution is 4.94. The van der Waals surface area contributed by atoms with Crippen molar-refractivity contribution in [3.8, 4) is 0 Å². The lowest BCUT2D eigenvalue weighted by Gasteiger charge is -2.21. The van der Waals surface area contributed by atoms with Crippen LogP contribution in [0.4, 0.5) is 0 Å². The topological polar surface area (TPSA) is 44.5 Å². The van der Waals surface area contributed by atoms with E-state index in [0.717, 1.165) is 25.9 Å². The molecule has 2 rings (SSSR count). The Hall–Kier alpha value is -0.120. The molecule has 12 heavy (non-hydrogen) atoms. The molecule has 3 heteroatoms. The molecule has 1 spiro atoms. The highest BCUT2D eigenvalue weighted by Crippen LogP contribution is 2.38. The van der Waals surface area contributed by atoms with E-state index in [4.69, 9.17) is 15.2 Å². The Bertz CT molecular complexity index is 174. The first-order valence-electron chi connectivity index (χ1n) is 4.74. The molecule has 0 saturated carbocycles. The van der Waals surface area contributed by atoms with E-state index in [1.54, 1.807) is 0 Å². The highest BCUT2D eigenvalue weighted by Gasteiger charge is 2.45. The van der Waals surface area contributed by atoms with Crippen LogP contribution in [-0.4, -0.2) is 31.0 Å². The number of ether oxygens (including phenoxy) is 2. The average molecular weight is 171 g/mol. The monoisotopic (exact) mass is 171 g/mol. The molecule has 0 aromatic rings. The molecule has 0 aromatic heterocycles. The van der Waals surface area contributed by atoms with Crippen LogP contribution in [0.2, 0.25) is 0 Å². The van der Waals surface area contributed by atoms with Gasteiger partial charge in [0.15, 0.2) is 0 Å². The van der Waals surface area contributed by atoms with Gasteiger partial charge in [-0.3, -0.25) is 0 Å². The summed E-state index contributed by atoms with van der Waals surface area (Å²) < 4.78 is 11.4. The van der Waals surface area contributed by atoms with Crippen molar-refractivity contribution < 1.29 is 9.47 Å². The molecule has 2 aliphatic heterocycles. The lowest BCUT2D eigenvalue weighted by Crippen LogP contribution is -2.31. The second-order valence-electron chi connectivity index (χ2n) is 4.02. The summed E-state index contributed by atoms with van der Waals surface area (Å²) in [5, 5.41) is 0. The summed E-state index contributed by atoms with van der Waals surface area (Å²) >= 11 is 0. The average Bonchev–Trinajstić information content (AvgIpc) is 2.61. The normalized spacial score (nSPS) is 47.5. The van der Waals surface area contributed by atoms with Crippen LogP contribution in [-0.2, 0) is 9.47 Å². The SMILES string of the molecule is C[C@@H]1C[C@]2(CC[C@H](CN)O2)CO1. The molecule has 0 aromatic carbocycles. The Morgan fingerprint density at radius 2 is 2.42 bits per heavy atom. The van der Waals surface area contributed by atoms with E-state index in [1.165, 1.54) is 0 Å². The third-order valence-corrected chi connectivity index (χ3v) is 2.89. The maximum atomic E-state index is 5.88. The second-order valence-corrected chi connectivity index (χ2v) is 4.02. The smallest absolute Gasteiger partial charge is 0.0944 e. The Morgan fingerprint density at radius 1 is 1.58 bits per heavy atom. The summed E-state index contributed by atoms with van der Waals surface area (Å²) in [4.78, 5) is 0. The first-order valence-corrected chi connectivity index (χ1v) is 4.74. The zero-order valence-corrected chi connectivity index (χ0v) is 7.58. The fourth-order valence-corrected chi connectivity index (χ4v) is 2.25. The van der Waals surface area contributed by atoms with Crippen molar-refractivity contribution in [2.24, 2.45) is 5.73 Å². The number of nitrogens with two attached hydrogens (primary N) is 1. The molecule has 2 saturated heterocycles. The molecule has 3 nitrogen and oxygen atoms in total. The van der Waals surface area contributed by atoms with E-state index in [9.17, 15) is 0 Å². The number of rotatable bonds is 1. The fraction of sp³-hybridized carbons (Fsp3) is 1.00. The summed E-state index contributed by atoms with van der Waals surface area (Å²) in [6.07, 6.45) is 3.91. The van der Waals surface area contributed by atoms with Crippen LogP contribution in [0, 0.1) is 0 Å². The van der Waals surface area contributed by atoms with E-state index < -0.39 is 0 Å². The van der Waals surface area contributed by atoms with E-state index in [2.05, 4.69) is 6.92 Å². The Balaban J connectivity index is 1.97. The van der Waals surface area contributed by atoms with Gasteiger partial charge in [0.25, 0.3) is 0 Å². The third-order valence-electron chi connectivity index (χ3n) is 2.89. The number of hydrogen-bond acceptors (Lipinski definition) is 3. The van der Waals surface area contributed by atoms with Gasteiger partial charge in [-0.15, -0.1) is 0 Å². The van der Waals surface area contributed by atoms with Crippen LogP contribution in [0.3, 0.4) is 0 Å². The van der Waals surface area contributed by atoms with Crippen molar-refractivity contribution in [1.29, 1.82) is 0 Å². The second kappa shape index (κ2) is 2.98. The minimum Gasteiger partial charge on any atom is -0.375 e. The predicted molar refractivity (Wildman–Crippen MR) is 45.9 cm³/mol. The highest BCUT2D eigenvalue weighted by atomic mass is 16.6. The minimum atomic E-state index is 0.0312. The molecule has 0 unspecified atom stereocenters. The van der Waals surface area contributed by atoms with E-state index in [1.807, 2.05) is 0 Å². The van der Waals surface area contributed by atoms with Crippen LogP contribution in [0.15, 0.2) is 0 Å². The summed E-state index contributed by atoms with van der Waals surface area (Å²) in [6, 6.07) is 0. The lowest BCUT2D eigenvalue weighted by molar-refractivity contribution is -0.0413. The van der Waals surface area contributed by atoms with Gasteiger partial charge in [0, 0.05) is 13.0 Å². The lowest BCUT2D eigenvalue weighted by atomic mass is 9.97. The van der Waals surface area contributed by atoms with Gasteiger partial charge >= 0.3 is 0 Å². The molecule has 2 fully saturated rings. The van der Waals surface area contributed by atoms with Gasteiger partial charge in [-0.25, -0.2) is 0 Å². The Labute approximate surface area is 73.2 Å². The van der Waals surface area contributed by atoms with Gasteiger partial charge in [0.05, 0.1) is 24.4 Å². The van der Waals surface area contributed by atoms with E-state index in [0.29, 0.717) is 12.6 Å².